The molecule has 0 spiro atoms. The van der Waals surface area contributed by atoms with Gasteiger partial charge >= 0.3 is 0 Å². The van der Waals surface area contributed by atoms with Crippen molar-refractivity contribution in [1.29, 1.82) is 0 Å². The minimum atomic E-state index is -0.101. The lowest BCUT2D eigenvalue weighted by Gasteiger charge is -2.22. The largest absolute Gasteiger partial charge is 0.339 e. The average molecular weight is 323 g/mol. The lowest BCUT2D eigenvalue weighted by molar-refractivity contribution is 0.0730. The third-order valence-corrected chi connectivity index (χ3v) is 4.91. The highest BCUT2D eigenvalue weighted by molar-refractivity contribution is 6.06. The van der Waals surface area contributed by atoms with E-state index in [1.807, 2.05) is 23.1 Å². The molecule has 0 radical (unpaired) electrons. The first kappa shape index (κ1) is 13.7. The van der Waals surface area contributed by atoms with Gasteiger partial charge in [0.1, 0.15) is 0 Å². The second-order valence-corrected chi connectivity index (χ2v) is 6.56. The van der Waals surface area contributed by atoms with Gasteiger partial charge < -0.3 is 9.42 Å². The predicted octanol–water partition coefficient (Wildman–Crippen LogP) is 2.80. The Bertz CT molecular complexity index is 910. The third kappa shape index (κ3) is 2.11. The number of likely N-dealkylation sites (tertiary alicyclic amines) is 1. The summed E-state index contributed by atoms with van der Waals surface area (Å²) in [6.07, 6.45) is 5.77. The van der Waals surface area contributed by atoms with Crippen LogP contribution in [0.3, 0.4) is 0 Å². The van der Waals surface area contributed by atoms with Gasteiger partial charge in [0.2, 0.25) is 5.89 Å². The van der Waals surface area contributed by atoms with Gasteiger partial charge in [-0.15, -0.1) is 0 Å². The van der Waals surface area contributed by atoms with Crippen LogP contribution in [0.5, 0.6) is 0 Å². The van der Waals surface area contributed by atoms with E-state index in [1.54, 1.807) is 6.20 Å². The molecule has 1 N–H and O–H groups in total. The number of amides is 1. The Morgan fingerprint density at radius 1 is 1.29 bits per heavy atom. The summed E-state index contributed by atoms with van der Waals surface area (Å²) in [4.78, 5) is 19.5. The van der Waals surface area contributed by atoms with Gasteiger partial charge in [0.25, 0.3) is 5.91 Å². The van der Waals surface area contributed by atoms with E-state index in [0.717, 1.165) is 42.5 Å². The molecule has 122 valence electrons. The lowest BCUT2D eigenvalue weighted by atomic mass is 10.1. The zero-order valence-electron chi connectivity index (χ0n) is 13.1. The summed E-state index contributed by atoms with van der Waals surface area (Å²) in [5.74, 6) is 1.79. The molecule has 2 aromatic heterocycles. The first-order valence-electron chi connectivity index (χ1n) is 8.38. The molecule has 1 aliphatic carbocycles. The summed E-state index contributed by atoms with van der Waals surface area (Å²) in [5, 5.41) is 11.9. The van der Waals surface area contributed by atoms with Crippen molar-refractivity contribution in [2.24, 2.45) is 0 Å². The van der Waals surface area contributed by atoms with Crippen LogP contribution in [0.15, 0.2) is 28.9 Å². The molecule has 3 heterocycles. The number of benzene rings is 1. The van der Waals surface area contributed by atoms with Crippen molar-refractivity contribution in [3.05, 3.63) is 41.7 Å². The molecule has 0 bridgehead atoms. The number of hydrogen-bond donors (Lipinski definition) is 1. The molecule has 1 aliphatic heterocycles. The van der Waals surface area contributed by atoms with Gasteiger partial charge in [-0.05, 0) is 37.8 Å². The Kier molecular flexibility index (Phi) is 2.95. The fraction of sp³-hybridized carbons (Fsp3) is 0.412. The molecule has 1 aromatic carbocycles. The summed E-state index contributed by atoms with van der Waals surface area (Å²) in [5.41, 5.74) is 1.53. The molecule has 24 heavy (non-hydrogen) atoms. The smallest absolute Gasteiger partial charge is 0.255 e. The SMILES string of the molecule is O=C(c1cccc2[nH]ncc12)N1CCC[C@H]1c1noc(C2CC2)n1. The highest BCUT2D eigenvalue weighted by Gasteiger charge is 2.36. The molecule has 1 saturated heterocycles. The summed E-state index contributed by atoms with van der Waals surface area (Å²) in [6.45, 7) is 0.713. The number of H-pyrrole nitrogens is 1. The number of rotatable bonds is 3. The fourth-order valence-corrected chi connectivity index (χ4v) is 3.47. The number of aromatic nitrogens is 4. The maximum absolute atomic E-state index is 13.1. The molecule has 1 atom stereocenters. The van der Waals surface area contributed by atoms with Crippen LogP contribution in [-0.2, 0) is 0 Å². The van der Waals surface area contributed by atoms with Crippen molar-refractivity contribution >= 4 is 16.8 Å². The van der Waals surface area contributed by atoms with Gasteiger partial charge in [0.05, 0.1) is 23.3 Å². The molecule has 2 aliphatic rings. The second kappa shape index (κ2) is 5.15. The standard InChI is InChI=1S/C17H17N5O2/c23-17(11-3-1-4-13-12(11)9-18-20-13)22-8-2-5-14(22)15-19-16(24-21-15)10-6-7-10/h1,3-4,9-10,14H,2,5-8H2,(H,18,20)/t14-/m0/s1. The monoisotopic (exact) mass is 323 g/mol. The number of fused-ring (bicyclic) bond motifs is 1. The van der Waals surface area contributed by atoms with Gasteiger partial charge in [0.15, 0.2) is 5.82 Å². The van der Waals surface area contributed by atoms with Crippen LogP contribution >= 0.6 is 0 Å². The maximum Gasteiger partial charge on any atom is 0.255 e. The van der Waals surface area contributed by atoms with E-state index in [4.69, 9.17) is 4.52 Å². The normalized spacial score (nSPS) is 20.8. The Morgan fingerprint density at radius 2 is 2.21 bits per heavy atom. The van der Waals surface area contributed by atoms with Crippen LogP contribution in [-0.4, -0.2) is 37.7 Å². The van der Waals surface area contributed by atoms with Crippen LogP contribution in [0.25, 0.3) is 10.9 Å². The lowest BCUT2D eigenvalue weighted by Crippen LogP contribution is -2.31. The van der Waals surface area contributed by atoms with Crippen LogP contribution in [0.1, 0.15) is 59.7 Å². The van der Waals surface area contributed by atoms with Crippen molar-refractivity contribution in [3.63, 3.8) is 0 Å². The first-order valence-corrected chi connectivity index (χ1v) is 8.38. The quantitative estimate of drug-likeness (QED) is 0.800. The third-order valence-electron chi connectivity index (χ3n) is 4.91. The molecule has 2 fully saturated rings. The summed E-state index contributed by atoms with van der Waals surface area (Å²) >= 11 is 0. The zero-order chi connectivity index (χ0) is 16.1. The summed E-state index contributed by atoms with van der Waals surface area (Å²) in [6, 6.07) is 5.54. The van der Waals surface area contributed by atoms with E-state index >= 15 is 0 Å². The molecular weight excluding hydrogens is 306 g/mol. The van der Waals surface area contributed by atoms with E-state index in [9.17, 15) is 4.79 Å². The molecule has 1 saturated carbocycles. The van der Waals surface area contributed by atoms with Crippen molar-refractivity contribution in [2.45, 2.75) is 37.6 Å². The van der Waals surface area contributed by atoms with Crippen LogP contribution in [0.2, 0.25) is 0 Å². The van der Waals surface area contributed by atoms with Crippen molar-refractivity contribution in [1.82, 2.24) is 25.2 Å². The molecule has 1 amide bonds. The molecule has 7 nitrogen and oxygen atoms in total. The topological polar surface area (TPSA) is 87.9 Å². The van der Waals surface area contributed by atoms with E-state index in [-0.39, 0.29) is 11.9 Å². The predicted molar refractivity (Wildman–Crippen MR) is 85.4 cm³/mol. The number of nitrogens with one attached hydrogen (secondary N) is 1. The van der Waals surface area contributed by atoms with E-state index in [1.165, 1.54) is 0 Å². The Labute approximate surface area is 138 Å². The number of nitrogens with zero attached hydrogens (tertiary/aromatic N) is 4. The van der Waals surface area contributed by atoms with Gasteiger partial charge in [-0.25, -0.2) is 0 Å². The van der Waals surface area contributed by atoms with Crippen molar-refractivity contribution < 1.29 is 9.32 Å². The molecule has 3 aromatic rings. The Balaban J connectivity index is 1.47. The van der Waals surface area contributed by atoms with E-state index in [0.29, 0.717) is 23.9 Å². The van der Waals surface area contributed by atoms with Gasteiger partial charge in [-0.3, -0.25) is 9.89 Å². The Hall–Kier alpha value is -2.70. The highest BCUT2D eigenvalue weighted by Crippen LogP contribution is 2.40. The molecule has 0 unspecified atom stereocenters. The molecule has 7 heteroatoms. The number of carbonyl (C=O) groups is 1. The van der Waals surface area contributed by atoms with Gasteiger partial charge in [0, 0.05) is 17.8 Å². The number of carbonyl (C=O) groups excluding carboxylic acids is 1. The molecular formula is C17H17N5O2. The molecule has 5 rings (SSSR count). The summed E-state index contributed by atoms with van der Waals surface area (Å²) in [7, 11) is 0. The minimum Gasteiger partial charge on any atom is -0.339 e. The van der Waals surface area contributed by atoms with Crippen LogP contribution < -0.4 is 0 Å². The first-order chi connectivity index (χ1) is 11.8. The Morgan fingerprint density at radius 3 is 3.08 bits per heavy atom. The number of hydrogen-bond acceptors (Lipinski definition) is 5. The van der Waals surface area contributed by atoms with Crippen molar-refractivity contribution in [2.75, 3.05) is 6.54 Å². The maximum atomic E-state index is 13.1. The van der Waals surface area contributed by atoms with Crippen LogP contribution in [0.4, 0.5) is 0 Å². The van der Waals surface area contributed by atoms with E-state index < -0.39 is 0 Å². The summed E-state index contributed by atoms with van der Waals surface area (Å²) < 4.78 is 5.38. The van der Waals surface area contributed by atoms with E-state index in [2.05, 4.69) is 20.3 Å². The average Bonchev–Trinajstić information content (AvgIpc) is 3.06. The highest BCUT2D eigenvalue weighted by atomic mass is 16.5. The van der Waals surface area contributed by atoms with Gasteiger partial charge in [-0.1, -0.05) is 11.2 Å². The number of aromatic amines is 1. The zero-order valence-corrected chi connectivity index (χ0v) is 13.1. The fourth-order valence-electron chi connectivity index (χ4n) is 3.47. The van der Waals surface area contributed by atoms with Crippen molar-refractivity contribution in [3.8, 4) is 0 Å². The van der Waals surface area contributed by atoms with Crippen LogP contribution in [0, 0.1) is 0 Å². The minimum absolute atomic E-state index is 0.00210. The van der Waals surface area contributed by atoms with Gasteiger partial charge in [-0.2, -0.15) is 10.1 Å². The second-order valence-electron chi connectivity index (χ2n) is 6.56.